The van der Waals surface area contributed by atoms with E-state index in [0.29, 0.717) is 42.1 Å². The first-order valence-corrected chi connectivity index (χ1v) is 10.5. The van der Waals surface area contributed by atoms with Crippen molar-refractivity contribution in [1.82, 2.24) is 24.4 Å². The van der Waals surface area contributed by atoms with E-state index in [9.17, 15) is 19.4 Å². The minimum absolute atomic E-state index is 0.0326. The number of ether oxygens (including phenoxy) is 1. The van der Waals surface area contributed by atoms with E-state index in [2.05, 4.69) is 20.3 Å². The van der Waals surface area contributed by atoms with Gasteiger partial charge < -0.3 is 25.2 Å². The van der Waals surface area contributed by atoms with E-state index in [1.807, 2.05) is 0 Å². The van der Waals surface area contributed by atoms with Crippen molar-refractivity contribution in [1.29, 1.82) is 0 Å². The standard InChI is InChI=1S/C21H23FN6O4/c22-13-3-1-12(2-4-13)20(31)27-6-5-14(8-27)26-18-17-19(24-10-23-18)28(11-25-17)21-16(30)7-15(9-29)32-21/h1-4,10-11,14-16,21,29-30H,5-9H2,(H,23,24,26). The fraction of sp³-hybridized carbons (Fsp3) is 0.429. The number of aliphatic hydroxyl groups is 2. The van der Waals surface area contributed by atoms with Crippen LogP contribution in [-0.2, 0) is 4.74 Å². The first-order valence-electron chi connectivity index (χ1n) is 10.5. The zero-order valence-electron chi connectivity index (χ0n) is 17.1. The maximum absolute atomic E-state index is 13.1. The molecule has 1 amide bonds. The number of carbonyl (C=O) groups is 1. The number of carbonyl (C=O) groups excluding carboxylic acids is 1. The molecular weight excluding hydrogens is 419 g/mol. The molecule has 1 aromatic carbocycles. The summed E-state index contributed by atoms with van der Waals surface area (Å²) in [5.74, 6) is 0.00961. The highest BCUT2D eigenvalue weighted by molar-refractivity contribution is 5.94. The summed E-state index contributed by atoms with van der Waals surface area (Å²) in [5.41, 5.74) is 1.48. The highest BCUT2D eigenvalue weighted by Crippen LogP contribution is 2.32. The van der Waals surface area contributed by atoms with Crippen molar-refractivity contribution in [2.24, 2.45) is 0 Å². The number of hydrogen-bond acceptors (Lipinski definition) is 8. The van der Waals surface area contributed by atoms with E-state index in [-0.39, 0.29) is 24.4 Å². The zero-order chi connectivity index (χ0) is 22.2. The summed E-state index contributed by atoms with van der Waals surface area (Å²) in [4.78, 5) is 27.4. The summed E-state index contributed by atoms with van der Waals surface area (Å²) in [6.07, 6.45) is 2.10. The summed E-state index contributed by atoms with van der Waals surface area (Å²) in [6, 6.07) is 5.50. The first kappa shape index (κ1) is 20.7. The molecule has 4 atom stereocenters. The number of fused-ring (bicyclic) bond motifs is 1. The smallest absolute Gasteiger partial charge is 0.253 e. The number of aromatic nitrogens is 4. The van der Waals surface area contributed by atoms with Crippen LogP contribution in [0.1, 0.15) is 29.4 Å². The van der Waals surface area contributed by atoms with Gasteiger partial charge in [-0.2, -0.15) is 0 Å². The predicted octanol–water partition coefficient (Wildman–Crippen LogP) is 0.933. The quantitative estimate of drug-likeness (QED) is 0.533. The summed E-state index contributed by atoms with van der Waals surface area (Å²) < 4.78 is 20.5. The van der Waals surface area contributed by atoms with Gasteiger partial charge in [-0.1, -0.05) is 0 Å². The Balaban J connectivity index is 1.30. The second kappa shape index (κ2) is 8.41. The van der Waals surface area contributed by atoms with Crippen LogP contribution in [0, 0.1) is 5.82 Å². The number of benzene rings is 1. The van der Waals surface area contributed by atoms with Crippen LogP contribution in [0.4, 0.5) is 10.2 Å². The van der Waals surface area contributed by atoms with Gasteiger partial charge >= 0.3 is 0 Å². The SMILES string of the molecule is O=C(c1ccc(F)cc1)N1CCC(Nc2ncnc3c2ncn3C2OC(CO)CC2O)C1. The van der Waals surface area contributed by atoms with Gasteiger partial charge in [-0.15, -0.1) is 0 Å². The number of rotatable bonds is 5. The van der Waals surface area contributed by atoms with E-state index in [0.717, 1.165) is 6.42 Å². The summed E-state index contributed by atoms with van der Waals surface area (Å²) >= 11 is 0. The van der Waals surface area contributed by atoms with E-state index in [4.69, 9.17) is 4.74 Å². The number of likely N-dealkylation sites (tertiary alicyclic amines) is 1. The highest BCUT2D eigenvalue weighted by Gasteiger charge is 2.36. The Morgan fingerprint density at radius 2 is 2.06 bits per heavy atom. The molecule has 32 heavy (non-hydrogen) atoms. The fourth-order valence-electron chi connectivity index (χ4n) is 4.27. The number of halogens is 1. The topological polar surface area (TPSA) is 126 Å². The van der Waals surface area contributed by atoms with Gasteiger partial charge in [-0.3, -0.25) is 9.36 Å². The molecule has 0 radical (unpaired) electrons. The molecule has 0 bridgehead atoms. The average molecular weight is 442 g/mol. The fourth-order valence-corrected chi connectivity index (χ4v) is 4.27. The molecule has 4 heterocycles. The van der Waals surface area contributed by atoms with Gasteiger partial charge in [0.15, 0.2) is 23.2 Å². The summed E-state index contributed by atoms with van der Waals surface area (Å²) in [7, 11) is 0. The number of anilines is 1. The van der Waals surface area contributed by atoms with Gasteiger partial charge in [0.2, 0.25) is 0 Å². The Hall–Kier alpha value is -3.15. The van der Waals surface area contributed by atoms with Gasteiger partial charge in [0.1, 0.15) is 18.2 Å². The Morgan fingerprint density at radius 1 is 1.25 bits per heavy atom. The zero-order valence-corrected chi connectivity index (χ0v) is 17.1. The Bertz CT molecular complexity index is 1120. The molecule has 0 spiro atoms. The van der Waals surface area contributed by atoms with Crippen molar-refractivity contribution < 1.29 is 24.1 Å². The summed E-state index contributed by atoms with van der Waals surface area (Å²) in [5, 5.41) is 23.0. The molecule has 0 saturated carbocycles. The average Bonchev–Trinajstić information content (AvgIpc) is 3.52. The lowest BCUT2D eigenvalue weighted by Crippen LogP contribution is -2.31. The minimum atomic E-state index is -0.781. The third-order valence-electron chi connectivity index (χ3n) is 5.91. The van der Waals surface area contributed by atoms with Crippen LogP contribution in [0.3, 0.4) is 0 Å². The lowest BCUT2D eigenvalue weighted by atomic mass is 10.2. The molecule has 3 N–H and O–H groups in total. The molecule has 2 aliphatic heterocycles. The maximum Gasteiger partial charge on any atom is 0.253 e. The molecule has 11 heteroatoms. The third kappa shape index (κ3) is 3.78. The van der Waals surface area contributed by atoms with Gasteiger partial charge in [0.05, 0.1) is 19.0 Å². The lowest BCUT2D eigenvalue weighted by Gasteiger charge is -2.18. The van der Waals surface area contributed by atoms with Crippen molar-refractivity contribution in [2.45, 2.75) is 37.3 Å². The van der Waals surface area contributed by atoms with Crippen LogP contribution in [0.25, 0.3) is 11.2 Å². The van der Waals surface area contributed by atoms with Crippen LogP contribution in [0.15, 0.2) is 36.9 Å². The molecule has 2 aromatic heterocycles. The number of nitrogens with zero attached hydrogens (tertiary/aromatic N) is 5. The monoisotopic (exact) mass is 442 g/mol. The molecule has 4 unspecified atom stereocenters. The second-order valence-corrected chi connectivity index (χ2v) is 8.07. The molecule has 2 aliphatic rings. The second-order valence-electron chi connectivity index (χ2n) is 8.07. The molecule has 0 aliphatic carbocycles. The lowest BCUT2D eigenvalue weighted by molar-refractivity contribution is -0.0486. The first-order chi connectivity index (χ1) is 15.5. The van der Waals surface area contributed by atoms with Crippen LogP contribution in [0.2, 0.25) is 0 Å². The van der Waals surface area contributed by atoms with Crippen molar-refractivity contribution >= 4 is 22.9 Å². The van der Waals surface area contributed by atoms with Crippen molar-refractivity contribution in [3.05, 3.63) is 48.3 Å². The van der Waals surface area contributed by atoms with Crippen LogP contribution in [0.5, 0.6) is 0 Å². The van der Waals surface area contributed by atoms with E-state index in [1.165, 1.54) is 36.9 Å². The van der Waals surface area contributed by atoms with Crippen molar-refractivity contribution in [2.75, 3.05) is 25.0 Å². The van der Waals surface area contributed by atoms with Gasteiger partial charge in [0.25, 0.3) is 5.91 Å². The molecule has 3 aromatic rings. The number of hydrogen-bond donors (Lipinski definition) is 3. The Kier molecular flexibility index (Phi) is 5.45. The molecule has 5 rings (SSSR count). The normalized spacial score (nSPS) is 25.5. The number of amides is 1. The summed E-state index contributed by atoms with van der Waals surface area (Å²) in [6.45, 7) is 0.878. The van der Waals surface area contributed by atoms with Gasteiger partial charge in [-0.25, -0.2) is 19.3 Å². The predicted molar refractivity (Wildman–Crippen MR) is 111 cm³/mol. The third-order valence-corrected chi connectivity index (χ3v) is 5.91. The Labute approximate surface area is 182 Å². The Morgan fingerprint density at radius 3 is 2.81 bits per heavy atom. The van der Waals surface area contributed by atoms with E-state index < -0.39 is 18.4 Å². The highest BCUT2D eigenvalue weighted by atomic mass is 19.1. The van der Waals surface area contributed by atoms with Crippen LogP contribution < -0.4 is 5.32 Å². The molecule has 2 saturated heterocycles. The van der Waals surface area contributed by atoms with Gasteiger partial charge in [-0.05, 0) is 30.7 Å². The molecule has 10 nitrogen and oxygen atoms in total. The van der Waals surface area contributed by atoms with Crippen LogP contribution >= 0.6 is 0 Å². The largest absolute Gasteiger partial charge is 0.394 e. The van der Waals surface area contributed by atoms with Crippen molar-refractivity contribution in [3.8, 4) is 0 Å². The number of imidazole rings is 1. The molecular formula is C21H23FN6O4. The minimum Gasteiger partial charge on any atom is -0.394 e. The maximum atomic E-state index is 13.1. The number of nitrogens with one attached hydrogen (secondary N) is 1. The molecule has 168 valence electrons. The van der Waals surface area contributed by atoms with E-state index >= 15 is 0 Å². The number of aliphatic hydroxyl groups excluding tert-OH is 2. The van der Waals surface area contributed by atoms with Crippen molar-refractivity contribution in [3.63, 3.8) is 0 Å². The van der Waals surface area contributed by atoms with E-state index in [1.54, 1.807) is 9.47 Å². The molecule has 2 fully saturated rings. The van der Waals surface area contributed by atoms with Crippen LogP contribution in [-0.4, -0.2) is 78.5 Å². The van der Waals surface area contributed by atoms with Gasteiger partial charge in [0, 0.05) is 31.1 Å².